The van der Waals surface area contributed by atoms with Gasteiger partial charge in [-0.1, -0.05) is 6.58 Å². The standard InChI is InChI=1S/C20H20N6O2/c1-14(13-28-19-5-4-16(9-21)11-24-19)3-6-20(27)26-18(7-8-25-26)17-12-22-15(2)10-23-17/h4-5,8,10-12,18H,1,3,6-7,13H2,2H3. The predicted molar refractivity (Wildman–Crippen MR) is 102 cm³/mol. The smallest absolute Gasteiger partial charge is 0.243 e. The van der Waals surface area contributed by atoms with E-state index in [1.165, 1.54) is 11.2 Å². The zero-order valence-corrected chi connectivity index (χ0v) is 15.6. The van der Waals surface area contributed by atoms with Gasteiger partial charge in [0.05, 0.1) is 23.1 Å². The molecule has 0 bridgehead atoms. The van der Waals surface area contributed by atoms with Gasteiger partial charge in [-0.2, -0.15) is 10.4 Å². The van der Waals surface area contributed by atoms with E-state index in [1.807, 2.05) is 13.0 Å². The van der Waals surface area contributed by atoms with Gasteiger partial charge in [0.25, 0.3) is 0 Å². The van der Waals surface area contributed by atoms with E-state index in [9.17, 15) is 4.79 Å². The number of hydrogen-bond donors (Lipinski definition) is 0. The molecular weight excluding hydrogens is 356 g/mol. The first-order valence-corrected chi connectivity index (χ1v) is 8.85. The number of carbonyl (C=O) groups is 1. The lowest BCUT2D eigenvalue weighted by Crippen LogP contribution is -2.27. The highest BCUT2D eigenvalue weighted by Gasteiger charge is 2.29. The number of ether oxygens (including phenoxy) is 1. The van der Waals surface area contributed by atoms with Crippen LogP contribution in [0, 0.1) is 18.3 Å². The van der Waals surface area contributed by atoms with E-state index in [1.54, 1.807) is 30.7 Å². The molecule has 0 saturated carbocycles. The topological polar surface area (TPSA) is 104 Å². The van der Waals surface area contributed by atoms with Crippen molar-refractivity contribution in [2.45, 2.75) is 32.2 Å². The van der Waals surface area contributed by atoms with Crippen LogP contribution < -0.4 is 4.74 Å². The third kappa shape index (κ3) is 4.76. The molecule has 8 nitrogen and oxygen atoms in total. The average molecular weight is 376 g/mol. The van der Waals surface area contributed by atoms with E-state index in [0.29, 0.717) is 24.3 Å². The van der Waals surface area contributed by atoms with Crippen LogP contribution in [0.25, 0.3) is 0 Å². The van der Waals surface area contributed by atoms with Crippen molar-refractivity contribution in [1.29, 1.82) is 5.26 Å². The number of aromatic nitrogens is 3. The summed E-state index contributed by atoms with van der Waals surface area (Å²) in [7, 11) is 0. The average Bonchev–Trinajstić information content (AvgIpc) is 3.21. The summed E-state index contributed by atoms with van der Waals surface area (Å²) in [6.07, 6.45) is 7.92. The maximum Gasteiger partial charge on any atom is 0.243 e. The molecule has 0 aromatic carbocycles. The van der Waals surface area contributed by atoms with Crippen LogP contribution in [0.1, 0.15) is 42.3 Å². The largest absolute Gasteiger partial charge is 0.473 e. The predicted octanol–water partition coefficient (Wildman–Crippen LogP) is 2.73. The second kappa shape index (κ2) is 8.86. The van der Waals surface area contributed by atoms with Crippen molar-refractivity contribution in [3.05, 3.63) is 59.8 Å². The van der Waals surface area contributed by atoms with Gasteiger partial charge in [-0.05, 0) is 25.0 Å². The summed E-state index contributed by atoms with van der Waals surface area (Å²) in [5.74, 6) is 0.312. The Morgan fingerprint density at radius 1 is 1.29 bits per heavy atom. The molecule has 142 valence electrons. The molecule has 3 rings (SSSR count). The van der Waals surface area contributed by atoms with Crippen LogP contribution in [-0.4, -0.2) is 38.7 Å². The van der Waals surface area contributed by atoms with E-state index in [0.717, 1.165) is 17.0 Å². The lowest BCUT2D eigenvalue weighted by atomic mass is 10.1. The Balaban J connectivity index is 1.48. The van der Waals surface area contributed by atoms with E-state index < -0.39 is 0 Å². The summed E-state index contributed by atoms with van der Waals surface area (Å²) in [5, 5.41) is 14.4. The molecular formula is C20H20N6O2. The number of pyridine rings is 1. The fraction of sp³-hybridized carbons (Fsp3) is 0.300. The quantitative estimate of drug-likeness (QED) is 0.688. The first kappa shape index (κ1) is 19.2. The van der Waals surface area contributed by atoms with Crippen molar-refractivity contribution in [3.63, 3.8) is 0 Å². The summed E-state index contributed by atoms with van der Waals surface area (Å²) < 4.78 is 5.53. The van der Waals surface area contributed by atoms with Gasteiger partial charge in [0.1, 0.15) is 18.7 Å². The SMILES string of the molecule is C=C(CCC(=O)N1N=CCC1c1cnc(C)cn1)COc1ccc(C#N)cn1. The van der Waals surface area contributed by atoms with Crippen molar-refractivity contribution >= 4 is 12.1 Å². The maximum atomic E-state index is 12.6. The molecule has 0 radical (unpaired) electrons. The fourth-order valence-electron chi connectivity index (χ4n) is 2.65. The third-order valence-corrected chi connectivity index (χ3v) is 4.21. The summed E-state index contributed by atoms with van der Waals surface area (Å²) in [4.78, 5) is 25.2. The zero-order valence-electron chi connectivity index (χ0n) is 15.6. The van der Waals surface area contributed by atoms with Crippen LogP contribution in [0.4, 0.5) is 0 Å². The van der Waals surface area contributed by atoms with Gasteiger partial charge < -0.3 is 4.74 Å². The minimum atomic E-state index is -0.215. The van der Waals surface area contributed by atoms with Crippen molar-refractivity contribution in [2.24, 2.45) is 5.10 Å². The minimum absolute atomic E-state index is 0.0984. The van der Waals surface area contributed by atoms with E-state index >= 15 is 0 Å². The molecule has 1 amide bonds. The molecule has 2 aromatic heterocycles. The Kier molecular flexibility index (Phi) is 6.07. The molecule has 28 heavy (non-hydrogen) atoms. The second-order valence-corrected chi connectivity index (χ2v) is 6.41. The Bertz CT molecular complexity index is 915. The lowest BCUT2D eigenvalue weighted by Gasteiger charge is -2.21. The molecule has 8 heteroatoms. The first-order valence-electron chi connectivity index (χ1n) is 8.85. The monoisotopic (exact) mass is 376 g/mol. The number of carbonyl (C=O) groups excluding carboxylic acids is 1. The lowest BCUT2D eigenvalue weighted by molar-refractivity contribution is -0.133. The van der Waals surface area contributed by atoms with Crippen LogP contribution in [0.2, 0.25) is 0 Å². The molecule has 0 fully saturated rings. The van der Waals surface area contributed by atoms with Gasteiger partial charge in [0, 0.05) is 37.5 Å². The van der Waals surface area contributed by atoms with Crippen molar-refractivity contribution in [1.82, 2.24) is 20.0 Å². The van der Waals surface area contributed by atoms with Crippen molar-refractivity contribution in [2.75, 3.05) is 6.61 Å². The number of nitriles is 1. The summed E-state index contributed by atoms with van der Waals surface area (Å²) in [6, 6.07) is 5.05. The number of aryl methyl sites for hydroxylation is 1. The molecule has 1 unspecified atom stereocenters. The number of hydrogen-bond acceptors (Lipinski definition) is 7. The summed E-state index contributed by atoms with van der Waals surface area (Å²) in [6.45, 7) is 6.07. The minimum Gasteiger partial charge on any atom is -0.473 e. The Morgan fingerprint density at radius 3 is 2.82 bits per heavy atom. The van der Waals surface area contributed by atoms with Gasteiger partial charge in [-0.15, -0.1) is 0 Å². The van der Waals surface area contributed by atoms with Crippen LogP contribution in [0.5, 0.6) is 5.88 Å². The zero-order chi connectivity index (χ0) is 19.9. The van der Waals surface area contributed by atoms with Gasteiger partial charge in [0.2, 0.25) is 11.8 Å². The molecule has 1 atom stereocenters. The van der Waals surface area contributed by atoms with Gasteiger partial charge in [-0.25, -0.2) is 9.99 Å². The Morgan fingerprint density at radius 2 is 2.14 bits per heavy atom. The van der Waals surface area contributed by atoms with E-state index in [2.05, 4.69) is 26.6 Å². The molecule has 0 saturated heterocycles. The van der Waals surface area contributed by atoms with Crippen molar-refractivity contribution < 1.29 is 9.53 Å². The van der Waals surface area contributed by atoms with Gasteiger partial charge in [-0.3, -0.25) is 14.8 Å². The van der Waals surface area contributed by atoms with Crippen LogP contribution >= 0.6 is 0 Å². The molecule has 3 heterocycles. The van der Waals surface area contributed by atoms with Crippen LogP contribution in [0.15, 0.2) is 48.0 Å². The molecule has 0 N–H and O–H groups in total. The van der Waals surface area contributed by atoms with E-state index in [4.69, 9.17) is 10.00 Å². The van der Waals surface area contributed by atoms with Crippen LogP contribution in [-0.2, 0) is 4.79 Å². The third-order valence-electron chi connectivity index (χ3n) is 4.21. The molecule has 1 aliphatic rings. The Hall–Kier alpha value is -3.60. The van der Waals surface area contributed by atoms with Crippen molar-refractivity contribution in [3.8, 4) is 11.9 Å². The second-order valence-electron chi connectivity index (χ2n) is 6.41. The number of rotatable bonds is 7. The van der Waals surface area contributed by atoms with Gasteiger partial charge in [0.15, 0.2) is 0 Å². The fourth-order valence-corrected chi connectivity index (χ4v) is 2.65. The van der Waals surface area contributed by atoms with Crippen LogP contribution in [0.3, 0.4) is 0 Å². The number of nitrogens with zero attached hydrogens (tertiary/aromatic N) is 6. The highest BCUT2D eigenvalue weighted by atomic mass is 16.5. The van der Waals surface area contributed by atoms with E-state index in [-0.39, 0.29) is 25.0 Å². The Labute approximate surface area is 163 Å². The number of hydrazone groups is 1. The highest BCUT2D eigenvalue weighted by molar-refractivity contribution is 5.79. The molecule has 0 spiro atoms. The molecule has 0 aliphatic carbocycles. The summed E-state index contributed by atoms with van der Waals surface area (Å²) >= 11 is 0. The molecule has 2 aromatic rings. The normalized spacial score (nSPS) is 15.3. The van der Waals surface area contributed by atoms with Gasteiger partial charge >= 0.3 is 0 Å². The summed E-state index contributed by atoms with van der Waals surface area (Å²) in [5.41, 5.74) is 2.80. The first-order chi connectivity index (χ1) is 13.6. The maximum absolute atomic E-state index is 12.6. The number of amides is 1. The molecule has 1 aliphatic heterocycles. The highest BCUT2D eigenvalue weighted by Crippen LogP contribution is 2.27.